The number of hydrogen-bond donors (Lipinski definition) is 3. The summed E-state index contributed by atoms with van der Waals surface area (Å²) in [4.78, 5) is 26.8. The van der Waals surface area contributed by atoms with Crippen molar-refractivity contribution < 1.29 is 9.90 Å². The summed E-state index contributed by atoms with van der Waals surface area (Å²) in [5.41, 5.74) is -0.312. The zero-order valence-corrected chi connectivity index (χ0v) is 14.7. The molecule has 134 valence electrons. The van der Waals surface area contributed by atoms with E-state index in [-0.39, 0.29) is 23.7 Å². The molecule has 0 atom stereocenters. The quantitative estimate of drug-likeness (QED) is 0.730. The molecule has 1 aliphatic carbocycles. The van der Waals surface area contributed by atoms with E-state index in [0.717, 1.165) is 25.7 Å². The second-order valence-corrected chi connectivity index (χ2v) is 7.03. The van der Waals surface area contributed by atoms with E-state index in [1.54, 1.807) is 24.4 Å². The number of halogens is 1. The molecule has 3 rings (SSSR count). The van der Waals surface area contributed by atoms with Crippen LogP contribution in [-0.4, -0.2) is 32.7 Å². The van der Waals surface area contributed by atoms with Crippen molar-refractivity contribution in [1.29, 1.82) is 0 Å². The van der Waals surface area contributed by atoms with Gasteiger partial charge in [-0.05, 0) is 31.0 Å². The van der Waals surface area contributed by atoms with Gasteiger partial charge in [0.25, 0.3) is 5.91 Å². The van der Waals surface area contributed by atoms with Gasteiger partial charge in [0.1, 0.15) is 0 Å². The average molecular weight is 364 g/mol. The van der Waals surface area contributed by atoms with Crippen LogP contribution in [0.15, 0.2) is 35.4 Å². The number of nitrogens with zero attached hydrogens (tertiary/aromatic N) is 1. The number of imidazole rings is 1. The molecule has 1 aliphatic rings. The zero-order valence-electron chi connectivity index (χ0n) is 13.9. The van der Waals surface area contributed by atoms with Gasteiger partial charge in [0.05, 0.1) is 21.9 Å². The average Bonchev–Trinajstić information content (AvgIpc) is 2.90. The predicted octanol–water partition coefficient (Wildman–Crippen LogP) is 2.63. The number of nitrogens with one attached hydrogen (secondary N) is 2. The van der Waals surface area contributed by atoms with Crippen LogP contribution < -0.4 is 11.0 Å². The lowest BCUT2D eigenvalue weighted by molar-refractivity contribution is 0.0246. The summed E-state index contributed by atoms with van der Waals surface area (Å²) < 4.78 is 1.39. The van der Waals surface area contributed by atoms with Crippen molar-refractivity contribution in [1.82, 2.24) is 14.9 Å². The highest BCUT2D eigenvalue weighted by atomic mass is 35.5. The normalized spacial score (nSPS) is 17.0. The second-order valence-electron chi connectivity index (χ2n) is 6.62. The van der Waals surface area contributed by atoms with Crippen LogP contribution in [0.25, 0.3) is 5.69 Å². The maximum atomic E-state index is 12.5. The first-order valence-corrected chi connectivity index (χ1v) is 8.93. The fourth-order valence-electron chi connectivity index (χ4n) is 3.26. The molecule has 1 amide bonds. The molecular formula is C18H22ClN3O3. The van der Waals surface area contributed by atoms with Gasteiger partial charge in [0, 0.05) is 18.9 Å². The van der Waals surface area contributed by atoms with Crippen molar-refractivity contribution in [3.05, 3.63) is 51.7 Å². The SMILES string of the molecule is O=C(NCC1(O)CCCCCC1)c1cc(-n2cc[nH]c2=O)ccc1Cl. The Morgan fingerprint density at radius 1 is 1.28 bits per heavy atom. The molecule has 0 bridgehead atoms. The first-order chi connectivity index (χ1) is 12.0. The third-order valence-electron chi connectivity index (χ3n) is 4.73. The number of carbonyl (C=O) groups is 1. The number of rotatable bonds is 4. The van der Waals surface area contributed by atoms with E-state index >= 15 is 0 Å². The van der Waals surface area contributed by atoms with Gasteiger partial charge in [-0.1, -0.05) is 37.3 Å². The topological polar surface area (TPSA) is 87.1 Å². The molecule has 0 radical (unpaired) electrons. The minimum absolute atomic E-state index is 0.205. The monoisotopic (exact) mass is 363 g/mol. The van der Waals surface area contributed by atoms with E-state index in [1.165, 1.54) is 10.8 Å². The third kappa shape index (κ3) is 4.14. The van der Waals surface area contributed by atoms with Gasteiger partial charge in [-0.2, -0.15) is 0 Å². The van der Waals surface area contributed by atoms with Crippen LogP contribution in [0.4, 0.5) is 0 Å². The zero-order chi connectivity index (χ0) is 17.9. The summed E-state index contributed by atoms with van der Waals surface area (Å²) >= 11 is 6.16. The van der Waals surface area contributed by atoms with E-state index < -0.39 is 5.60 Å². The fourth-order valence-corrected chi connectivity index (χ4v) is 3.47. The largest absolute Gasteiger partial charge is 0.388 e. The van der Waals surface area contributed by atoms with E-state index in [4.69, 9.17) is 11.6 Å². The van der Waals surface area contributed by atoms with E-state index in [1.807, 2.05) is 0 Å². The third-order valence-corrected chi connectivity index (χ3v) is 5.06. The van der Waals surface area contributed by atoms with Crippen molar-refractivity contribution in [3.63, 3.8) is 0 Å². The lowest BCUT2D eigenvalue weighted by atomic mass is 9.94. The summed E-state index contributed by atoms with van der Waals surface area (Å²) in [6, 6.07) is 4.84. The summed E-state index contributed by atoms with van der Waals surface area (Å²) in [6.07, 6.45) is 8.68. The lowest BCUT2D eigenvalue weighted by Crippen LogP contribution is -2.42. The van der Waals surface area contributed by atoms with Crippen LogP contribution in [0.2, 0.25) is 5.02 Å². The summed E-state index contributed by atoms with van der Waals surface area (Å²) in [5.74, 6) is -0.354. The van der Waals surface area contributed by atoms with Gasteiger partial charge in [0.15, 0.2) is 0 Å². The predicted molar refractivity (Wildman–Crippen MR) is 96.4 cm³/mol. The number of aromatic nitrogens is 2. The fraction of sp³-hybridized carbons (Fsp3) is 0.444. The summed E-state index contributed by atoms with van der Waals surface area (Å²) in [6.45, 7) is 0.205. The Hall–Kier alpha value is -2.05. The summed E-state index contributed by atoms with van der Waals surface area (Å²) in [5, 5.41) is 13.8. The van der Waals surface area contributed by atoms with Crippen LogP contribution in [0.3, 0.4) is 0 Å². The molecule has 2 aromatic rings. The van der Waals surface area contributed by atoms with Gasteiger partial charge in [-0.3, -0.25) is 9.36 Å². The molecule has 1 aromatic heterocycles. The van der Waals surface area contributed by atoms with Crippen LogP contribution >= 0.6 is 11.6 Å². The maximum Gasteiger partial charge on any atom is 0.330 e. The van der Waals surface area contributed by atoms with Crippen molar-refractivity contribution in [2.75, 3.05) is 6.54 Å². The maximum absolute atomic E-state index is 12.5. The minimum Gasteiger partial charge on any atom is -0.388 e. The Morgan fingerprint density at radius 3 is 2.64 bits per heavy atom. The molecule has 1 saturated carbocycles. The second kappa shape index (κ2) is 7.45. The molecule has 0 unspecified atom stereocenters. The number of benzene rings is 1. The van der Waals surface area contributed by atoms with Gasteiger partial charge in [0.2, 0.25) is 0 Å². The van der Waals surface area contributed by atoms with Gasteiger partial charge in [-0.15, -0.1) is 0 Å². The number of H-pyrrole nitrogens is 1. The first-order valence-electron chi connectivity index (χ1n) is 8.55. The molecule has 1 fully saturated rings. The Labute approximate surface area is 150 Å². The number of hydrogen-bond acceptors (Lipinski definition) is 3. The van der Waals surface area contributed by atoms with Gasteiger partial charge < -0.3 is 15.4 Å². The smallest absolute Gasteiger partial charge is 0.330 e. The number of amides is 1. The number of aliphatic hydroxyl groups is 1. The Kier molecular flexibility index (Phi) is 5.30. The van der Waals surface area contributed by atoms with Crippen LogP contribution in [-0.2, 0) is 0 Å². The molecule has 3 N–H and O–H groups in total. The molecule has 6 nitrogen and oxygen atoms in total. The molecular weight excluding hydrogens is 342 g/mol. The summed E-state index contributed by atoms with van der Waals surface area (Å²) in [7, 11) is 0. The van der Waals surface area contributed by atoms with Crippen molar-refractivity contribution in [3.8, 4) is 5.69 Å². The standard InChI is InChI=1S/C18H22ClN3O3/c19-15-6-5-13(22-10-9-20-17(22)24)11-14(15)16(23)21-12-18(25)7-3-1-2-4-8-18/h5-6,9-11,25H,1-4,7-8,12H2,(H,20,24)(H,21,23). The van der Waals surface area contributed by atoms with Gasteiger partial charge in [-0.25, -0.2) is 4.79 Å². The Morgan fingerprint density at radius 2 is 2.00 bits per heavy atom. The van der Waals surface area contributed by atoms with E-state index in [2.05, 4.69) is 10.3 Å². The van der Waals surface area contributed by atoms with Crippen LogP contribution in [0.1, 0.15) is 48.9 Å². The van der Waals surface area contributed by atoms with Crippen LogP contribution in [0, 0.1) is 0 Å². The molecule has 0 saturated heterocycles. The van der Waals surface area contributed by atoms with E-state index in [9.17, 15) is 14.7 Å². The highest BCUT2D eigenvalue weighted by Gasteiger charge is 2.28. The first kappa shape index (κ1) is 17.8. The molecule has 1 heterocycles. The Bertz CT molecular complexity index is 804. The molecule has 1 aromatic carbocycles. The van der Waals surface area contributed by atoms with Crippen molar-refractivity contribution in [2.24, 2.45) is 0 Å². The Balaban J connectivity index is 1.75. The van der Waals surface area contributed by atoms with Crippen molar-refractivity contribution >= 4 is 17.5 Å². The van der Waals surface area contributed by atoms with Crippen LogP contribution in [0.5, 0.6) is 0 Å². The number of carbonyl (C=O) groups excluding carboxylic acids is 1. The molecule has 7 heteroatoms. The highest BCUT2D eigenvalue weighted by molar-refractivity contribution is 6.33. The van der Waals surface area contributed by atoms with E-state index in [0.29, 0.717) is 23.6 Å². The highest BCUT2D eigenvalue weighted by Crippen LogP contribution is 2.26. The van der Waals surface area contributed by atoms with Crippen molar-refractivity contribution in [2.45, 2.75) is 44.1 Å². The molecule has 0 aliphatic heterocycles. The molecule has 0 spiro atoms. The molecule has 25 heavy (non-hydrogen) atoms. The number of aromatic amines is 1. The minimum atomic E-state index is -0.853. The van der Waals surface area contributed by atoms with Gasteiger partial charge >= 0.3 is 5.69 Å². The lowest BCUT2D eigenvalue weighted by Gasteiger charge is -2.26.